The number of ether oxygens (including phenoxy) is 3. The Hall–Kier alpha value is -2.72. The molecule has 0 amide bonds. The van der Waals surface area contributed by atoms with Gasteiger partial charge in [0.25, 0.3) is 0 Å². The molecule has 0 radical (unpaired) electrons. The molecule has 1 unspecified atom stereocenters. The highest BCUT2D eigenvalue weighted by Gasteiger charge is 2.47. The van der Waals surface area contributed by atoms with E-state index in [1.54, 1.807) is 24.3 Å². The van der Waals surface area contributed by atoms with Crippen LogP contribution in [0.4, 0.5) is 0 Å². The normalized spacial score (nSPS) is 27.8. The summed E-state index contributed by atoms with van der Waals surface area (Å²) in [6, 6.07) is 9.11. The Bertz CT molecular complexity index is 1500. The summed E-state index contributed by atoms with van der Waals surface area (Å²) < 4.78 is 32.1. The molecular formula is C41H63NO7Si2. The van der Waals surface area contributed by atoms with Gasteiger partial charge < -0.3 is 23.1 Å². The van der Waals surface area contributed by atoms with E-state index in [1.807, 2.05) is 6.92 Å². The van der Waals surface area contributed by atoms with E-state index in [9.17, 15) is 14.9 Å². The molecule has 8 nitrogen and oxygen atoms in total. The van der Waals surface area contributed by atoms with Crippen LogP contribution in [-0.2, 0) is 27.9 Å². The third kappa shape index (κ3) is 10.0. The number of hydrogen-bond acceptors (Lipinski definition) is 8. The molecule has 0 aromatic heterocycles. The van der Waals surface area contributed by atoms with Gasteiger partial charge in [-0.05, 0) is 85.1 Å². The Balaban J connectivity index is 1.58. The zero-order valence-corrected chi connectivity index (χ0v) is 35.2. The highest BCUT2D eigenvalue weighted by molar-refractivity contribution is 6.74. The number of benzene rings is 1. The number of carbonyl (C=O) groups is 2. The Morgan fingerprint density at radius 3 is 2.27 bits per heavy atom. The molecule has 1 saturated heterocycles. The van der Waals surface area contributed by atoms with Gasteiger partial charge in [-0.15, -0.1) is 0 Å². The molecule has 1 aliphatic heterocycles. The minimum Gasteiger partial charge on any atom is -0.477 e. The van der Waals surface area contributed by atoms with Gasteiger partial charge in [0.15, 0.2) is 22.7 Å². The first-order valence-electron chi connectivity index (χ1n) is 19.0. The van der Waals surface area contributed by atoms with Crippen molar-refractivity contribution in [3.05, 3.63) is 53.6 Å². The molecular weight excluding hydrogens is 675 g/mol. The molecule has 1 heterocycles. The monoisotopic (exact) mass is 737 g/mol. The number of nitriles is 1. The smallest absolute Gasteiger partial charge is 0.347 e. The maximum Gasteiger partial charge on any atom is 0.347 e. The Morgan fingerprint density at radius 2 is 1.65 bits per heavy atom. The van der Waals surface area contributed by atoms with Crippen LogP contribution in [0.5, 0.6) is 5.75 Å². The number of para-hydroxylation sites is 1. The average molecular weight is 738 g/mol. The first-order valence-corrected chi connectivity index (χ1v) is 24.8. The van der Waals surface area contributed by atoms with Crippen LogP contribution in [0.25, 0.3) is 0 Å². The SMILES string of the molecule is CCC(Oc1ccccc1C#N)C(=O)O[C@H]1C[C@H](O[Si](C)(C)C(C)(C)C)C=C2C=C[C@H](C)[C@H](CC[C@@H]3C[C@@H](O[Si](C)(C)C(C)(C)C)CC(=O)O3)[C@H]21. The van der Waals surface area contributed by atoms with Crippen molar-refractivity contribution in [2.24, 2.45) is 17.8 Å². The zero-order valence-electron chi connectivity index (χ0n) is 33.2. The van der Waals surface area contributed by atoms with Crippen LogP contribution in [-0.4, -0.2) is 59.1 Å². The van der Waals surface area contributed by atoms with Crippen LogP contribution in [0.2, 0.25) is 36.3 Å². The summed E-state index contributed by atoms with van der Waals surface area (Å²) in [6.45, 7) is 26.4. The predicted molar refractivity (Wildman–Crippen MR) is 206 cm³/mol. The van der Waals surface area contributed by atoms with Gasteiger partial charge in [0.05, 0.1) is 24.2 Å². The van der Waals surface area contributed by atoms with E-state index in [-0.39, 0.29) is 52.1 Å². The highest BCUT2D eigenvalue weighted by atomic mass is 28.4. The average Bonchev–Trinajstić information content (AvgIpc) is 3.01. The number of carbonyl (C=O) groups excluding carboxylic acids is 2. The maximum absolute atomic E-state index is 14.0. The second-order valence-electron chi connectivity index (χ2n) is 18.0. The fraction of sp³-hybridized carbons (Fsp3) is 0.683. The van der Waals surface area contributed by atoms with E-state index < -0.39 is 34.8 Å². The Labute approximate surface area is 309 Å². The Kier molecular flexibility index (Phi) is 13.0. The van der Waals surface area contributed by atoms with Gasteiger partial charge in [0, 0.05) is 18.8 Å². The zero-order chi connectivity index (χ0) is 37.9. The summed E-state index contributed by atoms with van der Waals surface area (Å²) >= 11 is 0. The number of cyclic esters (lactones) is 1. The molecule has 8 atom stereocenters. The molecule has 51 heavy (non-hydrogen) atoms. The van der Waals surface area contributed by atoms with Crippen LogP contribution >= 0.6 is 0 Å². The fourth-order valence-electron chi connectivity index (χ4n) is 7.03. The van der Waals surface area contributed by atoms with Crippen LogP contribution in [0.15, 0.2) is 48.1 Å². The summed E-state index contributed by atoms with van der Waals surface area (Å²) in [5, 5.41) is 9.69. The molecule has 282 valence electrons. The highest BCUT2D eigenvalue weighted by Crippen LogP contribution is 2.47. The fourth-order valence-corrected chi connectivity index (χ4v) is 9.67. The number of esters is 2. The lowest BCUT2D eigenvalue weighted by Gasteiger charge is -2.46. The summed E-state index contributed by atoms with van der Waals surface area (Å²) in [5.74, 6) is 0.0908. The van der Waals surface area contributed by atoms with Gasteiger partial charge in [0.2, 0.25) is 0 Å². The van der Waals surface area contributed by atoms with E-state index in [0.717, 1.165) is 12.0 Å². The standard InChI is InChI=1S/C41H63NO7Si2/c1-13-34(46-35-17-15-14-16-29(35)26-42)39(44)47-36-24-31(48-50(9,10)40(3,4)5)22-28-19-18-27(2)33(38(28)36)21-20-30-23-32(25-37(43)45-30)49-51(11,12)41(6,7)8/h14-19,22,27,30-34,36,38H,13,20-21,23-25H2,1-12H3/t27-,30+,31+,32+,33-,34?,36-,38-/m0/s1. The lowest BCUT2D eigenvalue weighted by atomic mass is 9.66. The van der Waals surface area contributed by atoms with Crippen molar-refractivity contribution in [2.45, 2.75) is 161 Å². The van der Waals surface area contributed by atoms with Crippen LogP contribution in [0, 0.1) is 29.1 Å². The second kappa shape index (κ2) is 16.1. The molecule has 0 bridgehead atoms. The van der Waals surface area contributed by atoms with E-state index >= 15 is 0 Å². The minimum absolute atomic E-state index is 0.0207. The number of hydrogen-bond donors (Lipinski definition) is 0. The van der Waals surface area contributed by atoms with Gasteiger partial charge in [-0.2, -0.15) is 5.26 Å². The minimum atomic E-state index is -2.14. The van der Waals surface area contributed by atoms with Crippen molar-refractivity contribution in [1.82, 2.24) is 0 Å². The van der Waals surface area contributed by atoms with Crippen molar-refractivity contribution >= 4 is 28.6 Å². The van der Waals surface area contributed by atoms with Gasteiger partial charge in [-0.25, -0.2) is 4.79 Å². The summed E-state index contributed by atoms with van der Waals surface area (Å²) in [4.78, 5) is 26.8. The maximum atomic E-state index is 14.0. The number of rotatable bonds is 12. The van der Waals surface area contributed by atoms with E-state index in [4.69, 9.17) is 23.1 Å². The third-order valence-corrected chi connectivity index (χ3v) is 21.1. The first-order chi connectivity index (χ1) is 23.7. The molecule has 3 aliphatic rings. The largest absolute Gasteiger partial charge is 0.477 e. The molecule has 2 aliphatic carbocycles. The van der Waals surface area contributed by atoms with Crippen molar-refractivity contribution < 1.29 is 32.7 Å². The number of fused-ring (bicyclic) bond motifs is 1. The molecule has 1 fully saturated rings. The number of allylic oxidation sites excluding steroid dienone is 2. The summed E-state index contributed by atoms with van der Waals surface area (Å²) in [7, 11) is -4.19. The molecule has 0 saturated carbocycles. The van der Waals surface area contributed by atoms with Crippen molar-refractivity contribution in [3.8, 4) is 11.8 Å². The molecule has 1 aromatic rings. The van der Waals surface area contributed by atoms with Crippen molar-refractivity contribution in [3.63, 3.8) is 0 Å². The van der Waals surface area contributed by atoms with E-state index in [1.165, 1.54) is 0 Å². The summed E-state index contributed by atoms with van der Waals surface area (Å²) in [6.07, 6.45) is 8.33. The predicted octanol–water partition coefficient (Wildman–Crippen LogP) is 9.66. The number of nitrogens with zero attached hydrogens (tertiary/aromatic N) is 1. The molecule has 0 spiro atoms. The molecule has 4 rings (SSSR count). The van der Waals surface area contributed by atoms with E-state index in [2.05, 4.69) is 99.0 Å². The van der Waals surface area contributed by atoms with Gasteiger partial charge in [0.1, 0.15) is 24.0 Å². The van der Waals surface area contributed by atoms with Gasteiger partial charge in [-0.3, -0.25) is 4.79 Å². The van der Waals surface area contributed by atoms with Crippen LogP contribution < -0.4 is 4.74 Å². The second-order valence-corrected chi connectivity index (χ2v) is 27.5. The quantitative estimate of drug-likeness (QED) is 0.154. The molecule has 10 heteroatoms. The summed E-state index contributed by atoms with van der Waals surface area (Å²) in [5.41, 5.74) is 1.51. The van der Waals surface area contributed by atoms with Crippen LogP contribution in [0.1, 0.15) is 99.5 Å². The third-order valence-electron chi connectivity index (χ3n) is 12.1. The van der Waals surface area contributed by atoms with Crippen molar-refractivity contribution in [1.29, 1.82) is 5.26 Å². The van der Waals surface area contributed by atoms with Crippen LogP contribution in [0.3, 0.4) is 0 Å². The van der Waals surface area contributed by atoms with Crippen molar-refractivity contribution in [2.75, 3.05) is 0 Å². The Morgan fingerprint density at radius 1 is 1.00 bits per heavy atom. The van der Waals surface area contributed by atoms with E-state index in [0.29, 0.717) is 43.4 Å². The molecule has 0 N–H and O–H groups in total. The lowest BCUT2D eigenvalue weighted by Crippen LogP contribution is -2.49. The van der Waals surface area contributed by atoms with Gasteiger partial charge in [-0.1, -0.05) is 85.8 Å². The topological polar surface area (TPSA) is 104 Å². The molecule has 1 aromatic carbocycles. The lowest BCUT2D eigenvalue weighted by molar-refractivity contribution is -0.164. The first kappa shape index (κ1) is 41.0. The van der Waals surface area contributed by atoms with Gasteiger partial charge >= 0.3 is 11.9 Å².